The third kappa shape index (κ3) is 2.93. The number of rotatable bonds is 2. The van der Waals surface area contributed by atoms with E-state index in [-0.39, 0.29) is 11.8 Å². The molecule has 0 atom stereocenters. The summed E-state index contributed by atoms with van der Waals surface area (Å²) in [5.74, 6) is 0.822. The molecular weight excluding hydrogens is 278 g/mol. The number of urea groups is 1. The zero-order chi connectivity index (χ0) is 15.5. The number of carbonyl (C=O) groups excluding carboxylic acids is 1. The first-order valence-electron chi connectivity index (χ1n) is 7.12. The van der Waals surface area contributed by atoms with Crippen LogP contribution >= 0.6 is 0 Å². The largest absolute Gasteiger partial charge is 0.508 e. The van der Waals surface area contributed by atoms with Crippen LogP contribution in [0.15, 0.2) is 53.5 Å². The number of hydrogen-bond acceptors (Lipinski definition) is 3. The molecule has 5 nitrogen and oxygen atoms in total. The number of amidine groups is 1. The fourth-order valence-electron chi connectivity index (χ4n) is 2.33. The van der Waals surface area contributed by atoms with Crippen molar-refractivity contribution in [3.8, 4) is 5.75 Å². The molecule has 0 saturated carbocycles. The van der Waals surface area contributed by atoms with Crippen LogP contribution in [0.1, 0.15) is 11.1 Å². The van der Waals surface area contributed by atoms with Crippen molar-refractivity contribution in [2.24, 2.45) is 4.99 Å². The first-order chi connectivity index (χ1) is 10.6. The topological polar surface area (TPSA) is 64.9 Å². The van der Waals surface area contributed by atoms with E-state index in [1.807, 2.05) is 31.2 Å². The number of nitrogens with zero attached hydrogens (tertiary/aromatic N) is 2. The summed E-state index contributed by atoms with van der Waals surface area (Å²) >= 11 is 0. The Labute approximate surface area is 128 Å². The monoisotopic (exact) mass is 295 g/mol. The number of phenols is 1. The lowest BCUT2D eigenvalue weighted by atomic mass is 10.2. The molecule has 0 unspecified atom stereocenters. The van der Waals surface area contributed by atoms with Crippen LogP contribution in [0.25, 0.3) is 0 Å². The van der Waals surface area contributed by atoms with Gasteiger partial charge in [-0.15, -0.1) is 0 Å². The second kappa shape index (κ2) is 5.89. The molecule has 0 fully saturated rings. The smallest absolute Gasteiger partial charge is 0.327 e. The van der Waals surface area contributed by atoms with Crippen LogP contribution in [0, 0.1) is 6.92 Å². The number of phenolic OH excluding ortho intramolecular Hbond substituents is 1. The van der Waals surface area contributed by atoms with Gasteiger partial charge in [0.2, 0.25) is 0 Å². The molecular formula is C17H17N3O2. The zero-order valence-electron chi connectivity index (χ0n) is 12.3. The number of amides is 2. The van der Waals surface area contributed by atoms with Crippen molar-refractivity contribution in [3.05, 3.63) is 59.7 Å². The molecule has 2 N–H and O–H groups in total. The van der Waals surface area contributed by atoms with E-state index in [0.29, 0.717) is 18.9 Å². The lowest BCUT2D eigenvalue weighted by molar-refractivity contribution is 0.236. The average Bonchev–Trinajstić information content (AvgIpc) is 3.00. The average molecular weight is 295 g/mol. The van der Waals surface area contributed by atoms with E-state index in [9.17, 15) is 9.90 Å². The van der Waals surface area contributed by atoms with E-state index < -0.39 is 0 Å². The Bertz CT molecular complexity index is 706. The minimum absolute atomic E-state index is 0.193. The molecule has 22 heavy (non-hydrogen) atoms. The van der Waals surface area contributed by atoms with Gasteiger partial charge in [-0.1, -0.05) is 17.7 Å². The summed E-state index contributed by atoms with van der Waals surface area (Å²) in [6.45, 7) is 3.13. The minimum Gasteiger partial charge on any atom is -0.508 e. The van der Waals surface area contributed by atoms with Gasteiger partial charge in [-0.25, -0.2) is 4.79 Å². The number of aromatic hydroxyl groups is 1. The summed E-state index contributed by atoms with van der Waals surface area (Å²) in [4.78, 5) is 18.4. The van der Waals surface area contributed by atoms with Gasteiger partial charge in [0.1, 0.15) is 11.6 Å². The third-order valence-electron chi connectivity index (χ3n) is 3.51. The molecule has 3 rings (SSSR count). The lowest BCUT2D eigenvalue weighted by Crippen LogP contribution is -2.38. The lowest BCUT2D eigenvalue weighted by Gasteiger charge is -2.19. The predicted octanol–water partition coefficient (Wildman–Crippen LogP) is 2.99. The highest BCUT2D eigenvalue weighted by atomic mass is 16.3. The van der Waals surface area contributed by atoms with Gasteiger partial charge in [0.15, 0.2) is 0 Å². The summed E-state index contributed by atoms with van der Waals surface area (Å²) in [6, 6.07) is 14.1. The van der Waals surface area contributed by atoms with Crippen LogP contribution < -0.4 is 5.32 Å². The summed E-state index contributed by atoms with van der Waals surface area (Å²) < 4.78 is 0. The van der Waals surface area contributed by atoms with Crippen LogP contribution in [0.4, 0.5) is 10.5 Å². The second-order valence-electron chi connectivity index (χ2n) is 5.20. The first kappa shape index (κ1) is 14.1. The van der Waals surface area contributed by atoms with Crippen LogP contribution in [0.3, 0.4) is 0 Å². The number of benzene rings is 2. The zero-order valence-corrected chi connectivity index (χ0v) is 12.3. The fourth-order valence-corrected chi connectivity index (χ4v) is 2.33. The standard InChI is InChI=1S/C17H17N3O2/c1-12-2-6-14(7-3-12)19-17(22)20-11-10-18-16(20)13-4-8-15(21)9-5-13/h2-9,21H,10-11H2,1H3,(H,19,22). The van der Waals surface area contributed by atoms with Crippen molar-refractivity contribution in [1.82, 2.24) is 4.90 Å². The van der Waals surface area contributed by atoms with Crippen LogP contribution in [-0.2, 0) is 0 Å². The summed E-state index contributed by atoms with van der Waals surface area (Å²) in [5, 5.41) is 12.2. The van der Waals surface area contributed by atoms with Crippen LogP contribution in [0.2, 0.25) is 0 Å². The van der Waals surface area contributed by atoms with E-state index >= 15 is 0 Å². The van der Waals surface area contributed by atoms with Gasteiger partial charge in [-0.05, 0) is 43.3 Å². The van der Waals surface area contributed by atoms with Gasteiger partial charge < -0.3 is 10.4 Å². The van der Waals surface area contributed by atoms with Crippen molar-refractivity contribution in [1.29, 1.82) is 0 Å². The van der Waals surface area contributed by atoms with E-state index in [2.05, 4.69) is 10.3 Å². The highest BCUT2D eigenvalue weighted by Gasteiger charge is 2.24. The predicted molar refractivity (Wildman–Crippen MR) is 86.4 cm³/mol. The Morgan fingerprint density at radius 2 is 1.82 bits per heavy atom. The molecule has 2 amide bonds. The van der Waals surface area contributed by atoms with Gasteiger partial charge in [0.25, 0.3) is 0 Å². The van der Waals surface area contributed by atoms with E-state index in [0.717, 1.165) is 16.8 Å². The Balaban J connectivity index is 1.76. The molecule has 2 aromatic rings. The van der Waals surface area contributed by atoms with Gasteiger partial charge in [-0.3, -0.25) is 9.89 Å². The molecule has 0 aliphatic carbocycles. The molecule has 0 bridgehead atoms. The molecule has 0 radical (unpaired) electrons. The highest BCUT2D eigenvalue weighted by Crippen LogP contribution is 2.17. The Morgan fingerprint density at radius 1 is 1.14 bits per heavy atom. The Hall–Kier alpha value is -2.82. The van der Waals surface area contributed by atoms with Crippen molar-refractivity contribution < 1.29 is 9.90 Å². The number of hydrogen-bond donors (Lipinski definition) is 2. The highest BCUT2D eigenvalue weighted by molar-refractivity contribution is 6.11. The summed E-state index contributed by atoms with van der Waals surface area (Å²) in [6.07, 6.45) is 0. The summed E-state index contributed by atoms with van der Waals surface area (Å²) in [7, 11) is 0. The number of carbonyl (C=O) groups is 1. The van der Waals surface area contributed by atoms with Crippen molar-refractivity contribution >= 4 is 17.6 Å². The number of anilines is 1. The maximum atomic E-state index is 12.4. The van der Waals surface area contributed by atoms with E-state index in [1.165, 1.54) is 0 Å². The van der Waals surface area contributed by atoms with E-state index in [4.69, 9.17) is 0 Å². The molecule has 1 aliphatic rings. The molecule has 1 aliphatic heterocycles. The number of aryl methyl sites for hydroxylation is 1. The molecule has 2 aromatic carbocycles. The fraction of sp³-hybridized carbons (Fsp3) is 0.176. The Kier molecular flexibility index (Phi) is 3.78. The SMILES string of the molecule is Cc1ccc(NC(=O)N2CCN=C2c2ccc(O)cc2)cc1. The summed E-state index contributed by atoms with van der Waals surface area (Å²) in [5.41, 5.74) is 2.72. The Morgan fingerprint density at radius 3 is 2.50 bits per heavy atom. The van der Waals surface area contributed by atoms with Gasteiger partial charge in [-0.2, -0.15) is 0 Å². The van der Waals surface area contributed by atoms with Gasteiger partial charge >= 0.3 is 6.03 Å². The first-order valence-corrected chi connectivity index (χ1v) is 7.12. The number of nitrogens with one attached hydrogen (secondary N) is 1. The quantitative estimate of drug-likeness (QED) is 0.894. The maximum absolute atomic E-state index is 12.4. The maximum Gasteiger partial charge on any atom is 0.327 e. The van der Waals surface area contributed by atoms with Gasteiger partial charge in [0.05, 0.1) is 6.54 Å². The van der Waals surface area contributed by atoms with Crippen molar-refractivity contribution in [2.45, 2.75) is 6.92 Å². The van der Waals surface area contributed by atoms with Crippen LogP contribution in [-0.4, -0.2) is 35.0 Å². The second-order valence-corrected chi connectivity index (χ2v) is 5.20. The normalized spacial score (nSPS) is 13.9. The third-order valence-corrected chi connectivity index (χ3v) is 3.51. The number of aliphatic imine (C=N–C) groups is 1. The molecule has 0 spiro atoms. The van der Waals surface area contributed by atoms with Crippen LogP contribution in [0.5, 0.6) is 5.75 Å². The molecule has 112 valence electrons. The molecule has 0 aromatic heterocycles. The van der Waals surface area contributed by atoms with Crippen molar-refractivity contribution in [3.63, 3.8) is 0 Å². The minimum atomic E-state index is -0.201. The molecule has 1 heterocycles. The molecule has 5 heteroatoms. The van der Waals surface area contributed by atoms with Crippen molar-refractivity contribution in [2.75, 3.05) is 18.4 Å². The van der Waals surface area contributed by atoms with Gasteiger partial charge in [0, 0.05) is 17.8 Å². The molecule has 0 saturated heterocycles. The van der Waals surface area contributed by atoms with E-state index in [1.54, 1.807) is 29.2 Å².